The van der Waals surface area contributed by atoms with Crippen molar-refractivity contribution in [2.75, 3.05) is 13.1 Å². The summed E-state index contributed by atoms with van der Waals surface area (Å²) in [5.41, 5.74) is 0.682. The van der Waals surface area contributed by atoms with Crippen molar-refractivity contribution in [3.8, 4) is 0 Å². The molecule has 0 atom stereocenters. The fraction of sp³-hybridized carbons (Fsp3) is 0.278. The van der Waals surface area contributed by atoms with E-state index in [1.165, 1.54) is 36.4 Å². The van der Waals surface area contributed by atoms with Gasteiger partial charge in [-0.15, -0.1) is 0 Å². The van der Waals surface area contributed by atoms with Gasteiger partial charge in [0, 0.05) is 31.1 Å². The summed E-state index contributed by atoms with van der Waals surface area (Å²) < 4.78 is 40.0. The van der Waals surface area contributed by atoms with Crippen molar-refractivity contribution >= 4 is 27.5 Å². The van der Waals surface area contributed by atoms with Gasteiger partial charge in [0.15, 0.2) is 0 Å². The first-order valence-corrected chi connectivity index (χ1v) is 9.95. The van der Waals surface area contributed by atoms with E-state index >= 15 is 0 Å². The monoisotopic (exact) mass is 398 g/mol. The molecule has 1 N–H and O–H groups in total. The highest BCUT2D eigenvalue weighted by molar-refractivity contribution is 7.89. The first kappa shape index (κ1) is 20.4. The van der Waals surface area contributed by atoms with Crippen LogP contribution in [0.3, 0.4) is 0 Å². The molecule has 0 aliphatic carbocycles. The number of nitrogens with one attached hydrogen (secondary N) is 1. The van der Waals surface area contributed by atoms with Crippen LogP contribution >= 0.6 is 11.6 Å². The molecule has 0 saturated carbocycles. The van der Waals surface area contributed by atoms with E-state index in [-0.39, 0.29) is 36.1 Å². The molecule has 2 aromatic rings. The topological polar surface area (TPSA) is 66.5 Å². The second kappa shape index (κ2) is 9.12. The Morgan fingerprint density at radius 2 is 1.88 bits per heavy atom. The zero-order valence-corrected chi connectivity index (χ0v) is 15.9. The summed E-state index contributed by atoms with van der Waals surface area (Å²) in [7, 11) is -3.70. The Labute approximate surface area is 157 Å². The lowest BCUT2D eigenvalue weighted by atomic mass is 10.2. The van der Waals surface area contributed by atoms with Crippen LogP contribution in [0.5, 0.6) is 0 Å². The Morgan fingerprint density at radius 1 is 1.19 bits per heavy atom. The van der Waals surface area contributed by atoms with Gasteiger partial charge in [0.2, 0.25) is 15.9 Å². The first-order chi connectivity index (χ1) is 12.3. The van der Waals surface area contributed by atoms with Crippen LogP contribution in [0, 0.1) is 5.82 Å². The van der Waals surface area contributed by atoms with Crippen LogP contribution in [-0.2, 0) is 21.4 Å². The molecule has 5 nitrogen and oxygen atoms in total. The number of benzene rings is 2. The standard InChI is InChI=1S/C18H20ClFN2O3S/c1-2-22(13-14-4-3-5-16(20)12-14)18(23)10-11-21-26(24,25)17-8-6-15(19)7-9-17/h3-9,12,21H,2,10-11,13H2,1H3. The molecule has 0 heterocycles. The fourth-order valence-corrected chi connectivity index (χ4v) is 3.54. The van der Waals surface area contributed by atoms with Gasteiger partial charge >= 0.3 is 0 Å². The van der Waals surface area contributed by atoms with Crippen LogP contribution in [0.2, 0.25) is 5.02 Å². The minimum absolute atomic E-state index is 0.00990. The van der Waals surface area contributed by atoms with Crippen LogP contribution in [0.4, 0.5) is 4.39 Å². The Balaban J connectivity index is 1.91. The van der Waals surface area contributed by atoms with E-state index < -0.39 is 10.0 Å². The number of sulfonamides is 1. The number of rotatable bonds is 8. The van der Waals surface area contributed by atoms with Gasteiger partial charge in [0.1, 0.15) is 5.82 Å². The van der Waals surface area contributed by atoms with Crippen molar-refractivity contribution in [1.29, 1.82) is 0 Å². The molecule has 0 aromatic heterocycles. The van der Waals surface area contributed by atoms with Gasteiger partial charge in [-0.25, -0.2) is 17.5 Å². The number of carbonyl (C=O) groups excluding carboxylic acids is 1. The summed E-state index contributed by atoms with van der Waals surface area (Å²) in [6.07, 6.45) is 0.00990. The Morgan fingerprint density at radius 3 is 2.50 bits per heavy atom. The maximum Gasteiger partial charge on any atom is 0.240 e. The highest BCUT2D eigenvalue weighted by atomic mass is 35.5. The molecule has 0 radical (unpaired) electrons. The molecule has 0 aliphatic heterocycles. The maximum atomic E-state index is 13.3. The molecule has 8 heteroatoms. The van der Waals surface area contributed by atoms with Gasteiger partial charge < -0.3 is 4.90 Å². The molecule has 0 fully saturated rings. The van der Waals surface area contributed by atoms with Crippen molar-refractivity contribution in [2.45, 2.75) is 24.8 Å². The summed E-state index contributed by atoms with van der Waals surface area (Å²) in [4.78, 5) is 13.9. The van der Waals surface area contributed by atoms with E-state index in [2.05, 4.69) is 4.72 Å². The third-order valence-corrected chi connectivity index (χ3v) is 5.48. The van der Waals surface area contributed by atoms with Crippen LogP contribution in [0.25, 0.3) is 0 Å². The first-order valence-electron chi connectivity index (χ1n) is 8.09. The second-order valence-corrected chi connectivity index (χ2v) is 7.84. The van der Waals surface area contributed by atoms with E-state index in [1.54, 1.807) is 17.0 Å². The molecule has 2 rings (SSSR count). The molecule has 26 heavy (non-hydrogen) atoms. The Bertz CT molecular complexity index is 857. The van der Waals surface area contributed by atoms with Crippen LogP contribution in [-0.4, -0.2) is 32.3 Å². The highest BCUT2D eigenvalue weighted by Crippen LogP contribution is 2.14. The van der Waals surface area contributed by atoms with Gasteiger partial charge in [0.05, 0.1) is 4.90 Å². The summed E-state index contributed by atoms with van der Waals surface area (Å²) in [6.45, 7) is 2.51. The van der Waals surface area contributed by atoms with Crippen molar-refractivity contribution in [1.82, 2.24) is 9.62 Å². The molecule has 0 aliphatic rings. The van der Waals surface area contributed by atoms with Crippen molar-refractivity contribution in [3.63, 3.8) is 0 Å². The predicted molar refractivity (Wildman–Crippen MR) is 98.7 cm³/mol. The zero-order valence-electron chi connectivity index (χ0n) is 14.3. The number of nitrogens with zero attached hydrogens (tertiary/aromatic N) is 1. The van der Waals surface area contributed by atoms with E-state index in [1.807, 2.05) is 6.92 Å². The molecule has 0 spiro atoms. The average molecular weight is 399 g/mol. The Kier molecular flexibility index (Phi) is 7.14. The van der Waals surface area contributed by atoms with Crippen molar-refractivity contribution in [3.05, 3.63) is 64.9 Å². The van der Waals surface area contributed by atoms with E-state index in [0.29, 0.717) is 17.1 Å². The lowest BCUT2D eigenvalue weighted by Gasteiger charge is -2.21. The normalized spacial score (nSPS) is 11.3. The quantitative estimate of drug-likeness (QED) is 0.742. The van der Waals surface area contributed by atoms with Crippen molar-refractivity contribution < 1.29 is 17.6 Å². The van der Waals surface area contributed by atoms with Crippen LogP contribution < -0.4 is 4.72 Å². The molecule has 1 amide bonds. The summed E-state index contributed by atoms with van der Waals surface area (Å²) in [5, 5.41) is 0.440. The summed E-state index contributed by atoms with van der Waals surface area (Å²) in [5.74, 6) is -0.572. The van der Waals surface area contributed by atoms with Gasteiger partial charge in [0.25, 0.3) is 0 Å². The van der Waals surface area contributed by atoms with Crippen LogP contribution in [0.15, 0.2) is 53.4 Å². The van der Waals surface area contributed by atoms with Gasteiger partial charge in [-0.3, -0.25) is 4.79 Å². The lowest BCUT2D eigenvalue weighted by Crippen LogP contribution is -2.34. The van der Waals surface area contributed by atoms with Gasteiger partial charge in [-0.1, -0.05) is 23.7 Å². The maximum absolute atomic E-state index is 13.3. The van der Waals surface area contributed by atoms with E-state index in [0.717, 1.165) is 0 Å². The van der Waals surface area contributed by atoms with Crippen LogP contribution in [0.1, 0.15) is 18.9 Å². The average Bonchev–Trinajstić information content (AvgIpc) is 2.60. The fourth-order valence-electron chi connectivity index (χ4n) is 2.38. The van der Waals surface area contributed by atoms with Gasteiger partial charge in [-0.2, -0.15) is 0 Å². The molecule has 2 aromatic carbocycles. The summed E-state index contributed by atoms with van der Waals surface area (Å²) in [6, 6.07) is 11.8. The summed E-state index contributed by atoms with van der Waals surface area (Å²) >= 11 is 5.75. The number of hydrogen-bond donors (Lipinski definition) is 1. The highest BCUT2D eigenvalue weighted by Gasteiger charge is 2.16. The largest absolute Gasteiger partial charge is 0.339 e. The van der Waals surface area contributed by atoms with Gasteiger partial charge in [-0.05, 0) is 48.9 Å². The minimum atomic E-state index is -3.70. The third-order valence-electron chi connectivity index (χ3n) is 3.75. The number of halogens is 2. The van der Waals surface area contributed by atoms with E-state index in [4.69, 9.17) is 11.6 Å². The zero-order chi connectivity index (χ0) is 19.2. The molecule has 0 unspecified atom stereocenters. The SMILES string of the molecule is CCN(Cc1cccc(F)c1)C(=O)CCNS(=O)(=O)c1ccc(Cl)cc1. The molecule has 0 saturated heterocycles. The molecule has 140 valence electrons. The second-order valence-electron chi connectivity index (χ2n) is 5.64. The lowest BCUT2D eigenvalue weighted by molar-refractivity contribution is -0.131. The number of amides is 1. The molecular weight excluding hydrogens is 379 g/mol. The number of hydrogen-bond acceptors (Lipinski definition) is 3. The molecule has 0 bridgehead atoms. The molecular formula is C18H20ClFN2O3S. The predicted octanol–water partition coefficient (Wildman–Crippen LogP) is 3.20. The smallest absolute Gasteiger partial charge is 0.240 e. The number of carbonyl (C=O) groups is 1. The van der Waals surface area contributed by atoms with E-state index in [9.17, 15) is 17.6 Å². The third kappa shape index (κ3) is 5.79. The minimum Gasteiger partial charge on any atom is -0.339 e. The van der Waals surface area contributed by atoms with Crippen molar-refractivity contribution in [2.24, 2.45) is 0 Å². The Hall–Kier alpha value is -1.96.